The largest absolute Gasteiger partial charge is 0.392 e. The van der Waals surface area contributed by atoms with Gasteiger partial charge in [0.1, 0.15) is 0 Å². The Hall–Kier alpha value is 0.270. The first-order valence-corrected chi connectivity index (χ1v) is 3.23. The van der Waals surface area contributed by atoms with Crippen LogP contribution in [0.2, 0.25) is 0 Å². The molecule has 0 rings (SSSR count). The minimum Gasteiger partial charge on any atom is -0.392 e. The van der Waals surface area contributed by atoms with Gasteiger partial charge in [0, 0.05) is 18.8 Å². The highest BCUT2D eigenvalue weighted by molar-refractivity contribution is 7.80. The van der Waals surface area contributed by atoms with Crippen LogP contribution in [-0.2, 0) is 0 Å². The second-order valence-electron chi connectivity index (χ2n) is 1.58. The Morgan fingerprint density at radius 3 is 2.75 bits per heavy atom. The normalized spacial score (nSPS) is 13.9. The van der Waals surface area contributed by atoms with Gasteiger partial charge in [-0.1, -0.05) is 0 Å². The second-order valence-corrected chi connectivity index (χ2v) is 2.03. The summed E-state index contributed by atoms with van der Waals surface area (Å²) in [7, 11) is 0. The number of hydrogen-bond acceptors (Lipinski definition) is 3. The van der Waals surface area contributed by atoms with Crippen LogP contribution in [0.15, 0.2) is 0 Å². The third-order valence-corrected chi connectivity index (χ3v) is 0.892. The first-order chi connectivity index (χ1) is 3.77. The summed E-state index contributed by atoms with van der Waals surface area (Å²) < 4.78 is 0. The number of aliphatic hydroxyl groups is 1. The molecule has 1 radical (unpaired) electrons. The van der Waals surface area contributed by atoms with Crippen molar-refractivity contribution in [3.63, 3.8) is 0 Å². The van der Waals surface area contributed by atoms with E-state index in [0.717, 1.165) is 12.3 Å². The standard InChI is InChI=1S/C5H12NOS/c1-5(7)4-6-2-3-8/h5-8H,1-4H2. The number of hydrogen-bond donors (Lipinski definition) is 3. The van der Waals surface area contributed by atoms with Gasteiger partial charge in [0.25, 0.3) is 0 Å². The van der Waals surface area contributed by atoms with Crippen molar-refractivity contribution in [3.05, 3.63) is 6.92 Å². The predicted molar refractivity (Wildman–Crippen MR) is 38.1 cm³/mol. The van der Waals surface area contributed by atoms with E-state index in [0.29, 0.717) is 6.54 Å². The van der Waals surface area contributed by atoms with E-state index < -0.39 is 6.10 Å². The van der Waals surface area contributed by atoms with Crippen molar-refractivity contribution in [2.24, 2.45) is 0 Å². The second kappa shape index (κ2) is 5.41. The molecule has 2 nitrogen and oxygen atoms in total. The summed E-state index contributed by atoms with van der Waals surface area (Å²) in [6.45, 7) is 4.76. The van der Waals surface area contributed by atoms with E-state index in [9.17, 15) is 0 Å². The van der Waals surface area contributed by atoms with E-state index in [1.54, 1.807) is 0 Å². The summed E-state index contributed by atoms with van der Waals surface area (Å²) in [5.41, 5.74) is 0. The fourth-order valence-electron chi connectivity index (χ4n) is 0.348. The quantitative estimate of drug-likeness (QED) is 0.364. The Labute approximate surface area is 55.7 Å². The molecule has 49 valence electrons. The lowest BCUT2D eigenvalue weighted by molar-refractivity contribution is 0.217. The lowest BCUT2D eigenvalue weighted by atomic mass is 10.4. The van der Waals surface area contributed by atoms with Gasteiger partial charge in [-0.25, -0.2) is 0 Å². The van der Waals surface area contributed by atoms with Crippen molar-refractivity contribution in [2.75, 3.05) is 18.8 Å². The van der Waals surface area contributed by atoms with Crippen LogP contribution in [0.1, 0.15) is 0 Å². The Bertz CT molecular complexity index is 49.7. The zero-order valence-corrected chi connectivity index (χ0v) is 5.69. The fraction of sp³-hybridized carbons (Fsp3) is 0.800. The molecule has 0 aromatic heterocycles. The number of nitrogens with one attached hydrogen (secondary N) is 1. The Kier molecular flexibility index (Phi) is 5.59. The Morgan fingerprint density at radius 2 is 2.38 bits per heavy atom. The zero-order chi connectivity index (χ0) is 6.41. The molecule has 0 aromatic rings. The number of thiol groups is 1. The van der Waals surface area contributed by atoms with Crippen LogP contribution in [0.5, 0.6) is 0 Å². The van der Waals surface area contributed by atoms with Gasteiger partial charge in [0.15, 0.2) is 0 Å². The molecule has 1 atom stereocenters. The van der Waals surface area contributed by atoms with E-state index in [1.807, 2.05) is 0 Å². The molecule has 1 unspecified atom stereocenters. The molecule has 0 saturated carbocycles. The molecular formula is C5H12NOS. The van der Waals surface area contributed by atoms with Crippen molar-refractivity contribution in [1.29, 1.82) is 0 Å². The van der Waals surface area contributed by atoms with Gasteiger partial charge in [-0.3, -0.25) is 0 Å². The Balaban J connectivity index is 2.72. The van der Waals surface area contributed by atoms with Crippen molar-refractivity contribution < 1.29 is 5.11 Å². The van der Waals surface area contributed by atoms with E-state index in [2.05, 4.69) is 24.9 Å². The van der Waals surface area contributed by atoms with Crippen LogP contribution >= 0.6 is 12.6 Å². The third-order valence-electron chi connectivity index (χ3n) is 0.669. The fourth-order valence-corrected chi connectivity index (χ4v) is 0.506. The molecular weight excluding hydrogens is 122 g/mol. The van der Waals surface area contributed by atoms with Crippen LogP contribution in [0.3, 0.4) is 0 Å². The van der Waals surface area contributed by atoms with Crippen molar-refractivity contribution in [2.45, 2.75) is 6.10 Å². The molecule has 2 N–H and O–H groups in total. The van der Waals surface area contributed by atoms with Crippen LogP contribution in [0.25, 0.3) is 0 Å². The predicted octanol–water partition coefficient (Wildman–Crippen LogP) is -0.299. The van der Waals surface area contributed by atoms with Crippen LogP contribution in [0, 0.1) is 6.92 Å². The molecule has 8 heavy (non-hydrogen) atoms. The summed E-state index contributed by atoms with van der Waals surface area (Å²) >= 11 is 3.96. The summed E-state index contributed by atoms with van der Waals surface area (Å²) in [6, 6.07) is 0. The summed E-state index contributed by atoms with van der Waals surface area (Å²) in [4.78, 5) is 0. The average molecular weight is 134 g/mol. The van der Waals surface area contributed by atoms with Gasteiger partial charge in [0.05, 0.1) is 6.10 Å². The maximum atomic E-state index is 8.58. The third kappa shape index (κ3) is 6.27. The molecule has 0 aliphatic rings. The van der Waals surface area contributed by atoms with Crippen molar-refractivity contribution in [3.8, 4) is 0 Å². The molecule has 0 bridgehead atoms. The first-order valence-electron chi connectivity index (χ1n) is 2.60. The van der Waals surface area contributed by atoms with E-state index in [-0.39, 0.29) is 0 Å². The van der Waals surface area contributed by atoms with E-state index >= 15 is 0 Å². The number of aliphatic hydroxyl groups excluding tert-OH is 1. The highest BCUT2D eigenvalue weighted by Crippen LogP contribution is 1.73. The number of rotatable bonds is 4. The van der Waals surface area contributed by atoms with Gasteiger partial charge in [-0.2, -0.15) is 12.6 Å². The SMILES string of the molecule is [CH2]C(O)CNCCS. The summed E-state index contributed by atoms with van der Waals surface area (Å²) in [5, 5.41) is 11.5. The lowest BCUT2D eigenvalue weighted by Crippen LogP contribution is -2.26. The van der Waals surface area contributed by atoms with E-state index in [1.165, 1.54) is 0 Å². The minimum atomic E-state index is -0.491. The van der Waals surface area contributed by atoms with Gasteiger partial charge in [-0.15, -0.1) is 0 Å². The van der Waals surface area contributed by atoms with Crippen molar-refractivity contribution >= 4 is 12.6 Å². The molecule has 3 heteroatoms. The first kappa shape index (κ1) is 8.27. The smallest absolute Gasteiger partial charge is 0.0665 e. The molecule has 0 aliphatic carbocycles. The summed E-state index contributed by atoms with van der Waals surface area (Å²) in [6.07, 6.45) is -0.491. The minimum absolute atomic E-state index is 0.491. The maximum absolute atomic E-state index is 8.58. The zero-order valence-electron chi connectivity index (χ0n) is 4.80. The van der Waals surface area contributed by atoms with Crippen LogP contribution < -0.4 is 5.32 Å². The highest BCUT2D eigenvalue weighted by Gasteiger charge is 1.90. The lowest BCUT2D eigenvalue weighted by Gasteiger charge is -2.02. The van der Waals surface area contributed by atoms with E-state index in [4.69, 9.17) is 5.11 Å². The molecule has 0 aromatic carbocycles. The topological polar surface area (TPSA) is 32.3 Å². The van der Waals surface area contributed by atoms with Crippen molar-refractivity contribution in [1.82, 2.24) is 5.32 Å². The van der Waals surface area contributed by atoms with Crippen LogP contribution in [0.4, 0.5) is 0 Å². The molecule has 0 saturated heterocycles. The maximum Gasteiger partial charge on any atom is 0.0665 e. The van der Waals surface area contributed by atoms with Crippen LogP contribution in [-0.4, -0.2) is 30.1 Å². The molecule has 0 spiro atoms. The summed E-state index contributed by atoms with van der Waals surface area (Å²) in [5.74, 6) is 0.798. The molecule has 0 heterocycles. The molecule has 0 aliphatic heterocycles. The molecule has 0 amide bonds. The monoisotopic (exact) mass is 134 g/mol. The van der Waals surface area contributed by atoms with Gasteiger partial charge < -0.3 is 10.4 Å². The molecule has 0 fully saturated rings. The Morgan fingerprint density at radius 1 is 1.75 bits per heavy atom. The average Bonchev–Trinajstić information content (AvgIpc) is 1.66. The van der Waals surface area contributed by atoms with Gasteiger partial charge in [-0.05, 0) is 6.92 Å². The van der Waals surface area contributed by atoms with Gasteiger partial charge in [0.2, 0.25) is 0 Å². The van der Waals surface area contributed by atoms with Gasteiger partial charge >= 0.3 is 0 Å². The highest BCUT2D eigenvalue weighted by atomic mass is 32.1.